The normalized spacial score (nSPS) is 17.5. The lowest BCUT2D eigenvalue weighted by Gasteiger charge is -2.37. The Morgan fingerprint density at radius 3 is 2.69 bits per heavy atom. The Morgan fingerprint density at radius 2 is 2.00 bits per heavy atom. The molecule has 1 aliphatic rings. The molecule has 26 heavy (non-hydrogen) atoms. The van der Waals surface area contributed by atoms with Gasteiger partial charge in [0.2, 0.25) is 0 Å². The van der Waals surface area contributed by atoms with Gasteiger partial charge in [-0.15, -0.1) is 0 Å². The molecule has 1 aromatic heterocycles. The van der Waals surface area contributed by atoms with E-state index in [0.29, 0.717) is 12.6 Å². The molecular formula is C21H32N4O. The largest absolute Gasteiger partial charge is 0.491 e. The van der Waals surface area contributed by atoms with E-state index in [2.05, 4.69) is 60.1 Å². The fourth-order valence-corrected chi connectivity index (χ4v) is 3.71. The zero-order valence-corrected chi connectivity index (χ0v) is 16.3. The summed E-state index contributed by atoms with van der Waals surface area (Å²) in [5.74, 6) is 1.82. The van der Waals surface area contributed by atoms with Gasteiger partial charge >= 0.3 is 0 Å². The van der Waals surface area contributed by atoms with Crippen molar-refractivity contribution in [2.45, 2.75) is 38.9 Å². The van der Waals surface area contributed by atoms with Crippen LogP contribution in [-0.2, 0) is 13.1 Å². The molecule has 1 aliphatic heterocycles. The molecule has 5 nitrogen and oxygen atoms in total. The molecule has 2 heterocycles. The first kappa shape index (κ1) is 18.9. The lowest BCUT2D eigenvalue weighted by Crippen LogP contribution is -2.41. The van der Waals surface area contributed by atoms with Gasteiger partial charge in [-0.2, -0.15) is 0 Å². The highest BCUT2D eigenvalue weighted by molar-refractivity contribution is 5.33. The first-order valence-electron chi connectivity index (χ1n) is 9.68. The van der Waals surface area contributed by atoms with E-state index in [9.17, 15) is 0 Å². The quantitative estimate of drug-likeness (QED) is 0.728. The van der Waals surface area contributed by atoms with Crippen LogP contribution in [0.2, 0.25) is 0 Å². The SMILES string of the molecule is C[C@H](C1CCN(Cc2ccccc2OCCn2ccnc2)CC1)N(C)C. The number of benzene rings is 1. The number of hydrogen-bond acceptors (Lipinski definition) is 4. The van der Waals surface area contributed by atoms with E-state index in [1.807, 2.05) is 17.1 Å². The van der Waals surface area contributed by atoms with Crippen LogP contribution in [0.3, 0.4) is 0 Å². The molecule has 0 bridgehead atoms. The molecule has 1 aromatic carbocycles. The van der Waals surface area contributed by atoms with Crippen molar-refractivity contribution in [1.29, 1.82) is 0 Å². The van der Waals surface area contributed by atoms with Crippen molar-refractivity contribution in [2.24, 2.45) is 5.92 Å². The van der Waals surface area contributed by atoms with Crippen LogP contribution in [0.5, 0.6) is 5.75 Å². The van der Waals surface area contributed by atoms with Gasteiger partial charge in [0.1, 0.15) is 12.4 Å². The van der Waals surface area contributed by atoms with Crippen LogP contribution >= 0.6 is 0 Å². The third-order valence-electron chi connectivity index (χ3n) is 5.66. The summed E-state index contributed by atoms with van der Waals surface area (Å²) in [7, 11) is 4.38. The fourth-order valence-electron chi connectivity index (χ4n) is 3.71. The predicted octanol–water partition coefficient (Wildman–Crippen LogP) is 3.12. The lowest BCUT2D eigenvalue weighted by molar-refractivity contribution is 0.120. The maximum atomic E-state index is 6.06. The zero-order valence-electron chi connectivity index (χ0n) is 16.3. The maximum Gasteiger partial charge on any atom is 0.123 e. The lowest BCUT2D eigenvalue weighted by atomic mass is 9.89. The minimum Gasteiger partial charge on any atom is -0.491 e. The van der Waals surface area contributed by atoms with Gasteiger partial charge in [-0.05, 0) is 58.9 Å². The summed E-state index contributed by atoms with van der Waals surface area (Å²) in [6.07, 6.45) is 8.16. The summed E-state index contributed by atoms with van der Waals surface area (Å²) in [6, 6.07) is 9.11. The number of piperidine rings is 1. The van der Waals surface area contributed by atoms with E-state index in [1.54, 1.807) is 6.20 Å². The Bertz CT molecular complexity index is 648. The Kier molecular flexibility index (Phi) is 6.69. The summed E-state index contributed by atoms with van der Waals surface area (Å²) in [5.41, 5.74) is 1.29. The van der Waals surface area contributed by atoms with Crippen molar-refractivity contribution in [3.63, 3.8) is 0 Å². The number of likely N-dealkylation sites (tertiary alicyclic amines) is 1. The molecule has 3 rings (SSSR count). The van der Waals surface area contributed by atoms with E-state index in [0.717, 1.165) is 24.8 Å². The van der Waals surface area contributed by atoms with Crippen molar-refractivity contribution in [1.82, 2.24) is 19.4 Å². The Labute approximate surface area is 157 Å². The van der Waals surface area contributed by atoms with E-state index < -0.39 is 0 Å². The van der Waals surface area contributed by atoms with Crippen molar-refractivity contribution >= 4 is 0 Å². The van der Waals surface area contributed by atoms with Crippen molar-refractivity contribution < 1.29 is 4.74 Å². The summed E-state index contributed by atoms with van der Waals surface area (Å²) in [5, 5.41) is 0. The number of rotatable bonds is 8. The van der Waals surface area contributed by atoms with Crippen molar-refractivity contribution in [3.05, 3.63) is 48.5 Å². The highest BCUT2D eigenvalue weighted by Crippen LogP contribution is 2.26. The molecule has 1 saturated heterocycles. The number of ether oxygens (including phenoxy) is 1. The molecular weight excluding hydrogens is 324 g/mol. The molecule has 1 atom stereocenters. The van der Waals surface area contributed by atoms with Crippen molar-refractivity contribution in [3.8, 4) is 5.75 Å². The second kappa shape index (κ2) is 9.19. The molecule has 0 aliphatic carbocycles. The van der Waals surface area contributed by atoms with Gasteiger partial charge in [0.25, 0.3) is 0 Å². The molecule has 142 valence electrons. The second-order valence-corrected chi connectivity index (χ2v) is 7.57. The number of para-hydroxylation sites is 1. The molecule has 0 spiro atoms. The minimum absolute atomic E-state index is 0.662. The van der Waals surface area contributed by atoms with Gasteiger partial charge in [-0.25, -0.2) is 4.98 Å². The Hall–Kier alpha value is -1.85. The molecule has 0 N–H and O–H groups in total. The van der Waals surface area contributed by atoms with Gasteiger partial charge in [-0.1, -0.05) is 18.2 Å². The van der Waals surface area contributed by atoms with Gasteiger partial charge in [0.05, 0.1) is 12.9 Å². The third-order valence-corrected chi connectivity index (χ3v) is 5.66. The van der Waals surface area contributed by atoms with Gasteiger partial charge < -0.3 is 14.2 Å². The summed E-state index contributed by atoms with van der Waals surface area (Å²) < 4.78 is 8.10. The van der Waals surface area contributed by atoms with Crippen LogP contribution in [0, 0.1) is 5.92 Å². The topological polar surface area (TPSA) is 33.5 Å². The smallest absolute Gasteiger partial charge is 0.123 e. The first-order chi connectivity index (χ1) is 12.6. The van der Waals surface area contributed by atoms with E-state index in [-0.39, 0.29) is 0 Å². The average molecular weight is 357 g/mol. The van der Waals surface area contributed by atoms with Gasteiger partial charge in [-0.3, -0.25) is 4.90 Å². The Morgan fingerprint density at radius 1 is 1.23 bits per heavy atom. The maximum absolute atomic E-state index is 6.06. The van der Waals surface area contributed by atoms with Gasteiger partial charge in [0, 0.05) is 30.5 Å². The van der Waals surface area contributed by atoms with Gasteiger partial charge in [0.15, 0.2) is 0 Å². The minimum atomic E-state index is 0.662. The molecule has 1 fully saturated rings. The van der Waals surface area contributed by atoms with Crippen LogP contribution < -0.4 is 4.74 Å². The monoisotopic (exact) mass is 356 g/mol. The van der Waals surface area contributed by atoms with E-state index >= 15 is 0 Å². The summed E-state index contributed by atoms with van der Waals surface area (Å²) >= 11 is 0. The van der Waals surface area contributed by atoms with Crippen LogP contribution in [0.15, 0.2) is 43.0 Å². The van der Waals surface area contributed by atoms with Crippen LogP contribution in [-0.4, -0.2) is 59.2 Å². The number of aromatic nitrogens is 2. The number of imidazole rings is 1. The molecule has 0 amide bonds. The van der Waals surface area contributed by atoms with Crippen LogP contribution in [0.4, 0.5) is 0 Å². The highest BCUT2D eigenvalue weighted by atomic mass is 16.5. The molecule has 0 radical (unpaired) electrons. The molecule has 0 unspecified atom stereocenters. The first-order valence-corrected chi connectivity index (χ1v) is 9.68. The Balaban J connectivity index is 1.50. The van der Waals surface area contributed by atoms with Crippen molar-refractivity contribution in [2.75, 3.05) is 33.8 Å². The van der Waals surface area contributed by atoms with E-state index in [4.69, 9.17) is 4.74 Å². The van der Waals surface area contributed by atoms with Crippen LogP contribution in [0.25, 0.3) is 0 Å². The molecule has 5 heteroatoms. The fraction of sp³-hybridized carbons (Fsp3) is 0.571. The predicted molar refractivity (Wildman–Crippen MR) is 105 cm³/mol. The summed E-state index contributed by atoms with van der Waals surface area (Å²) in [6.45, 7) is 7.16. The number of nitrogens with zero attached hydrogens (tertiary/aromatic N) is 4. The van der Waals surface area contributed by atoms with Crippen LogP contribution in [0.1, 0.15) is 25.3 Å². The highest BCUT2D eigenvalue weighted by Gasteiger charge is 2.25. The average Bonchev–Trinajstić information content (AvgIpc) is 3.16. The standard InChI is InChI=1S/C21H32N4O/c1-18(23(2)3)19-8-11-24(12-9-19)16-20-6-4-5-7-21(20)26-15-14-25-13-10-22-17-25/h4-7,10,13,17-19H,8-9,11-12,14-16H2,1-3H3/t18-/m1/s1. The summed E-state index contributed by atoms with van der Waals surface area (Å²) in [4.78, 5) is 8.99. The zero-order chi connectivity index (χ0) is 18.4. The third kappa shape index (κ3) is 5.08. The molecule has 2 aromatic rings. The molecule has 0 saturated carbocycles. The number of hydrogen-bond donors (Lipinski definition) is 0. The second-order valence-electron chi connectivity index (χ2n) is 7.57. The van der Waals surface area contributed by atoms with E-state index in [1.165, 1.54) is 31.5 Å².